The first-order chi connectivity index (χ1) is 10.8. The van der Waals surface area contributed by atoms with E-state index in [0.29, 0.717) is 11.6 Å². The smallest absolute Gasteiger partial charge is 0.191 e. The molecule has 0 aromatic rings. The summed E-state index contributed by atoms with van der Waals surface area (Å²) in [5, 5.41) is 7.29. The highest BCUT2D eigenvalue weighted by Gasteiger charge is 2.40. The number of hydrogen-bond donors (Lipinski definition) is 2. The Balaban J connectivity index is 0.00000192. The maximum Gasteiger partial charge on any atom is 0.191 e. The molecule has 1 heterocycles. The molecule has 3 fully saturated rings. The number of hydrogen-bond acceptors (Lipinski definition) is 3. The molecule has 1 aliphatic heterocycles. The summed E-state index contributed by atoms with van der Waals surface area (Å²) in [5.41, 5.74) is 0.383. The topological polar surface area (TPSA) is 39.7 Å². The van der Waals surface area contributed by atoms with Gasteiger partial charge in [0.15, 0.2) is 5.96 Å². The lowest BCUT2D eigenvalue weighted by Gasteiger charge is -2.43. The van der Waals surface area contributed by atoms with Crippen LogP contribution in [0.4, 0.5) is 0 Å². The molecule has 0 aromatic carbocycles. The molecular weight excluding hydrogens is 419 g/mol. The maximum atomic E-state index is 4.46. The van der Waals surface area contributed by atoms with Gasteiger partial charge in [0.2, 0.25) is 0 Å². The minimum Gasteiger partial charge on any atom is -0.355 e. The molecule has 0 unspecified atom stereocenters. The molecule has 3 rings (SSSR count). The summed E-state index contributed by atoms with van der Waals surface area (Å²) in [6, 6.07) is 0.636. The average molecular weight is 452 g/mol. The summed E-state index contributed by atoms with van der Waals surface area (Å²) in [7, 11) is 1.91. The van der Waals surface area contributed by atoms with Gasteiger partial charge < -0.3 is 10.6 Å². The van der Waals surface area contributed by atoms with Crippen LogP contribution < -0.4 is 10.6 Å². The third-order valence-corrected chi connectivity index (χ3v) is 6.66. The van der Waals surface area contributed by atoms with Crippen LogP contribution in [0.1, 0.15) is 51.4 Å². The molecule has 23 heavy (non-hydrogen) atoms. The van der Waals surface area contributed by atoms with E-state index in [4.69, 9.17) is 0 Å². The second-order valence-corrected chi connectivity index (χ2v) is 8.31. The molecule has 0 bridgehead atoms. The molecule has 0 atom stereocenters. The van der Waals surface area contributed by atoms with Crippen molar-refractivity contribution in [3.05, 3.63) is 0 Å². The van der Waals surface area contributed by atoms with Gasteiger partial charge in [0.25, 0.3) is 0 Å². The summed E-state index contributed by atoms with van der Waals surface area (Å²) in [5.74, 6) is 3.62. The Labute approximate surface area is 163 Å². The van der Waals surface area contributed by atoms with E-state index in [1.54, 1.807) is 0 Å². The predicted octanol–water partition coefficient (Wildman–Crippen LogP) is 3.07. The summed E-state index contributed by atoms with van der Waals surface area (Å²) in [6.45, 7) is 3.59. The van der Waals surface area contributed by atoms with Crippen LogP contribution in [0.2, 0.25) is 0 Å². The molecule has 6 heteroatoms. The second-order valence-electron chi connectivity index (χ2n) is 7.08. The van der Waals surface area contributed by atoms with Gasteiger partial charge in [0.05, 0.1) is 0 Å². The Morgan fingerprint density at radius 1 is 1.13 bits per heavy atom. The second kappa shape index (κ2) is 9.70. The van der Waals surface area contributed by atoms with Crippen molar-refractivity contribution in [2.75, 3.05) is 38.2 Å². The summed E-state index contributed by atoms with van der Waals surface area (Å²) in [6.07, 6.45) is 10.8. The van der Waals surface area contributed by atoms with Crippen molar-refractivity contribution < 1.29 is 0 Å². The van der Waals surface area contributed by atoms with Gasteiger partial charge in [-0.2, -0.15) is 11.8 Å². The van der Waals surface area contributed by atoms with E-state index >= 15 is 0 Å². The molecule has 1 saturated heterocycles. The van der Waals surface area contributed by atoms with Crippen LogP contribution in [0.5, 0.6) is 0 Å². The van der Waals surface area contributed by atoms with Gasteiger partial charge in [0, 0.05) is 49.8 Å². The molecule has 2 N–H and O–H groups in total. The monoisotopic (exact) mass is 452 g/mol. The first kappa shape index (κ1) is 19.6. The molecule has 0 amide bonds. The minimum absolute atomic E-state index is 0. The van der Waals surface area contributed by atoms with Crippen molar-refractivity contribution >= 4 is 41.7 Å². The Hall–Kier alpha value is 0.310. The average Bonchev–Trinajstić information content (AvgIpc) is 3.25. The number of rotatable bonds is 4. The van der Waals surface area contributed by atoms with Gasteiger partial charge in [0.1, 0.15) is 0 Å². The zero-order chi connectivity index (χ0) is 15.3. The largest absolute Gasteiger partial charge is 0.355 e. The van der Waals surface area contributed by atoms with Crippen LogP contribution >= 0.6 is 35.7 Å². The van der Waals surface area contributed by atoms with Crippen LogP contribution in [-0.4, -0.2) is 60.6 Å². The van der Waals surface area contributed by atoms with Crippen molar-refractivity contribution in [2.45, 2.75) is 62.9 Å². The minimum atomic E-state index is 0. The number of thioether (sulfide) groups is 1. The number of guanidine groups is 1. The Morgan fingerprint density at radius 3 is 2.39 bits per heavy atom. The standard InChI is InChI=1S/C17H32N4S.HI/c1-18-16(20-15-6-2-3-7-15)19-14-17(8-4-5-9-17)21-10-12-22-13-11-21;/h15H,2-14H2,1H3,(H2,18,19,20);1H. The van der Waals surface area contributed by atoms with Gasteiger partial charge in [-0.1, -0.05) is 25.7 Å². The molecule has 2 saturated carbocycles. The van der Waals surface area contributed by atoms with Gasteiger partial charge in [-0.25, -0.2) is 0 Å². The van der Waals surface area contributed by atoms with Crippen molar-refractivity contribution in [1.29, 1.82) is 0 Å². The first-order valence-corrected chi connectivity index (χ1v) is 10.3. The van der Waals surface area contributed by atoms with Crippen molar-refractivity contribution in [2.24, 2.45) is 4.99 Å². The molecule has 4 nitrogen and oxygen atoms in total. The van der Waals surface area contributed by atoms with Crippen molar-refractivity contribution in [1.82, 2.24) is 15.5 Å². The van der Waals surface area contributed by atoms with Crippen LogP contribution in [0.25, 0.3) is 0 Å². The molecule has 0 spiro atoms. The van der Waals surface area contributed by atoms with E-state index in [0.717, 1.165) is 12.5 Å². The molecule has 0 radical (unpaired) electrons. The van der Waals surface area contributed by atoms with E-state index in [1.165, 1.54) is 76.0 Å². The maximum absolute atomic E-state index is 4.46. The fourth-order valence-electron chi connectivity index (χ4n) is 4.38. The highest BCUT2D eigenvalue weighted by atomic mass is 127. The van der Waals surface area contributed by atoms with Crippen LogP contribution in [-0.2, 0) is 0 Å². The SMILES string of the molecule is CN=C(NCC1(N2CCSCC2)CCCC1)NC1CCCC1.I. The highest BCUT2D eigenvalue weighted by molar-refractivity contribution is 14.0. The lowest BCUT2D eigenvalue weighted by molar-refractivity contribution is 0.107. The van der Waals surface area contributed by atoms with Crippen LogP contribution in [0.3, 0.4) is 0 Å². The summed E-state index contributed by atoms with van der Waals surface area (Å²) in [4.78, 5) is 7.23. The first-order valence-electron chi connectivity index (χ1n) is 9.12. The quantitative estimate of drug-likeness (QED) is 0.391. The van der Waals surface area contributed by atoms with E-state index in [1.807, 2.05) is 7.05 Å². The number of nitrogens with zero attached hydrogens (tertiary/aromatic N) is 2. The summed E-state index contributed by atoms with van der Waals surface area (Å²) >= 11 is 2.11. The Morgan fingerprint density at radius 2 is 1.78 bits per heavy atom. The molecule has 3 aliphatic rings. The van der Waals surface area contributed by atoms with E-state index in [2.05, 4.69) is 32.3 Å². The van der Waals surface area contributed by atoms with Crippen LogP contribution in [0.15, 0.2) is 4.99 Å². The number of aliphatic imine (C=N–C) groups is 1. The predicted molar refractivity (Wildman–Crippen MR) is 112 cm³/mol. The zero-order valence-corrected chi connectivity index (χ0v) is 17.6. The number of halogens is 1. The number of nitrogens with one attached hydrogen (secondary N) is 2. The van der Waals surface area contributed by atoms with Crippen molar-refractivity contribution in [3.63, 3.8) is 0 Å². The Bertz CT molecular complexity index is 373. The fraction of sp³-hybridized carbons (Fsp3) is 0.941. The Kier molecular flexibility index (Phi) is 8.28. The van der Waals surface area contributed by atoms with E-state index in [9.17, 15) is 0 Å². The summed E-state index contributed by atoms with van der Waals surface area (Å²) < 4.78 is 0. The van der Waals surface area contributed by atoms with E-state index in [-0.39, 0.29) is 24.0 Å². The molecule has 134 valence electrons. The molecule has 0 aromatic heterocycles. The van der Waals surface area contributed by atoms with Crippen LogP contribution in [0, 0.1) is 0 Å². The lowest BCUT2D eigenvalue weighted by atomic mass is 9.94. The van der Waals surface area contributed by atoms with Gasteiger partial charge in [-0.3, -0.25) is 9.89 Å². The zero-order valence-electron chi connectivity index (χ0n) is 14.5. The van der Waals surface area contributed by atoms with E-state index < -0.39 is 0 Å². The van der Waals surface area contributed by atoms with Gasteiger partial charge >= 0.3 is 0 Å². The third-order valence-electron chi connectivity index (χ3n) is 5.72. The van der Waals surface area contributed by atoms with Gasteiger partial charge in [-0.05, 0) is 25.7 Å². The molecule has 2 aliphatic carbocycles. The van der Waals surface area contributed by atoms with Gasteiger partial charge in [-0.15, -0.1) is 24.0 Å². The normalized spacial score (nSPS) is 26.0. The fourth-order valence-corrected chi connectivity index (χ4v) is 5.29. The highest BCUT2D eigenvalue weighted by Crippen LogP contribution is 2.36. The molecular formula is C17H33IN4S. The lowest BCUT2D eigenvalue weighted by Crippen LogP contribution is -2.58. The van der Waals surface area contributed by atoms with Crippen molar-refractivity contribution in [3.8, 4) is 0 Å². The third kappa shape index (κ3) is 5.14.